The van der Waals surface area contributed by atoms with Gasteiger partial charge in [-0.3, -0.25) is 9.69 Å². The Kier molecular flexibility index (Phi) is 8.27. The summed E-state index contributed by atoms with van der Waals surface area (Å²) in [6, 6.07) is 14.8. The van der Waals surface area contributed by atoms with E-state index in [4.69, 9.17) is 4.74 Å². The highest BCUT2D eigenvalue weighted by atomic mass is 32.2. The molecular weight excluding hydrogens is 462 g/mol. The molecule has 0 radical (unpaired) electrons. The first kappa shape index (κ1) is 25.8. The number of amides is 1. The summed E-state index contributed by atoms with van der Waals surface area (Å²) in [5.74, 6) is 0.367. The van der Waals surface area contributed by atoms with E-state index in [1.54, 1.807) is 22.5 Å². The van der Waals surface area contributed by atoms with Crippen LogP contribution in [0.1, 0.15) is 47.8 Å². The third-order valence-electron chi connectivity index (χ3n) is 6.94. The van der Waals surface area contributed by atoms with Crippen LogP contribution in [0, 0.1) is 18.8 Å². The number of sulfonamides is 1. The van der Waals surface area contributed by atoms with Crippen molar-refractivity contribution in [3.8, 4) is 0 Å². The molecule has 1 amide bonds. The van der Waals surface area contributed by atoms with Gasteiger partial charge in [-0.25, -0.2) is 8.42 Å². The lowest BCUT2D eigenvalue weighted by molar-refractivity contribution is 0.0162. The second kappa shape index (κ2) is 11.2. The second-order valence-electron chi connectivity index (χ2n) is 10.1. The monoisotopic (exact) mass is 499 g/mol. The molecule has 1 N–H and O–H groups in total. The standard InChI is InChI=1S/C27H37N3O4S/c1-20-6-4-7-23(15-20)26(29-10-12-34-13-11-29)17-28-27(31)24-8-5-9-25(16-24)35(32,33)30-18-21(2)14-22(3)19-30/h4-9,15-16,21-22,26H,10-14,17-19H2,1-3H3,(H,28,31). The van der Waals surface area contributed by atoms with Crippen molar-refractivity contribution in [2.24, 2.45) is 11.8 Å². The minimum atomic E-state index is -3.65. The maximum absolute atomic E-state index is 13.3. The Morgan fingerprint density at radius 1 is 1.06 bits per heavy atom. The summed E-state index contributed by atoms with van der Waals surface area (Å²) in [5.41, 5.74) is 2.68. The fourth-order valence-corrected chi connectivity index (χ4v) is 6.99. The minimum absolute atomic E-state index is 0.0194. The van der Waals surface area contributed by atoms with Gasteiger partial charge in [-0.05, 0) is 48.9 Å². The van der Waals surface area contributed by atoms with Gasteiger partial charge < -0.3 is 10.1 Å². The molecule has 190 valence electrons. The van der Waals surface area contributed by atoms with Gasteiger partial charge in [0.25, 0.3) is 5.91 Å². The van der Waals surface area contributed by atoms with Crippen LogP contribution in [0.3, 0.4) is 0 Å². The first-order chi connectivity index (χ1) is 16.7. The normalized spacial score (nSPS) is 23.1. The Balaban J connectivity index is 1.49. The van der Waals surface area contributed by atoms with Crippen LogP contribution in [0.25, 0.3) is 0 Å². The molecule has 3 atom stereocenters. The fraction of sp³-hybridized carbons (Fsp3) is 0.519. The van der Waals surface area contributed by atoms with Gasteiger partial charge in [0, 0.05) is 38.3 Å². The van der Waals surface area contributed by atoms with Crippen LogP contribution in [0.5, 0.6) is 0 Å². The van der Waals surface area contributed by atoms with Crippen LogP contribution in [0.4, 0.5) is 0 Å². The highest BCUT2D eigenvalue weighted by molar-refractivity contribution is 7.89. The molecule has 8 heteroatoms. The SMILES string of the molecule is Cc1cccc(C(CNC(=O)c2cccc(S(=O)(=O)N3CC(C)CC(C)C3)c2)N2CCOCC2)c1. The molecule has 2 aliphatic heterocycles. The van der Waals surface area contributed by atoms with Gasteiger partial charge in [-0.2, -0.15) is 4.31 Å². The number of nitrogens with zero attached hydrogens (tertiary/aromatic N) is 2. The maximum atomic E-state index is 13.3. The van der Waals surface area contributed by atoms with Gasteiger partial charge >= 0.3 is 0 Å². The zero-order valence-corrected chi connectivity index (χ0v) is 21.8. The maximum Gasteiger partial charge on any atom is 0.251 e. The predicted molar refractivity (Wildman–Crippen MR) is 137 cm³/mol. The number of benzene rings is 2. The van der Waals surface area contributed by atoms with Gasteiger partial charge in [0.2, 0.25) is 10.0 Å². The first-order valence-corrected chi connectivity index (χ1v) is 13.9. The van der Waals surface area contributed by atoms with Crippen molar-refractivity contribution in [2.75, 3.05) is 45.9 Å². The molecule has 0 aromatic heterocycles. The molecule has 3 unspecified atom stereocenters. The number of piperidine rings is 1. The summed E-state index contributed by atoms with van der Waals surface area (Å²) in [4.78, 5) is 15.6. The summed E-state index contributed by atoms with van der Waals surface area (Å²) >= 11 is 0. The molecule has 2 fully saturated rings. The van der Waals surface area contributed by atoms with E-state index >= 15 is 0 Å². The summed E-state index contributed by atoms with van der Waals surface area (Å²) in [6.07, 6.45) is 1.03. The van der Waals surface area contributed by atoms with Crippen molar-refractivity contribution in [2.45, 2.75) is 38.1 Å². The van der Waals surface area contributed by atoms with E-state index in [0.717, 1.165) is 25.1 Å². The second-order valence-corrected chi connectivity index (χ2v) is 12.0. The van der Waals surface area contributed by atoms with E-state index in [0.29, 0.717) is 50.2 Å². The fourth-order valence-electron chi connectivity index (χ4n) is 5.26. The third kappa shape index (κ3) is 6.30. The van der Waals surface area contributed by atoms with Crippen LogP contribution >= 0.6 is 0 Å². The number of carbonyl (C=O) groups is 1. The number of rotatable bonds is 7. The van der Waals surface area contributed by atoms with Crippen molar-refractivity contribution in [1.29, 1.82) is 0 Å². The zero-order chi connectivity index (χ0) is 25.0. The molecule has 35 heavy (non-hydrogen) atoms. The topological polar surface area (TPSA) is 79.0 Å². The molecule has 0 aliphatic carbocycles. The molecule has 0 spiro atoms. The Morgan fingerprint density at radius 2 is 1.74 bits per heavy atom. The largest absolute Gasteiger partial charge is 0.379 e. The van der Waals surface area contributed by atoms with Crippen molar-refractivity contribution < 1.29 is 17.9 Å². The van der Waals surface area contributed by atoms with Crippen LogP contribution in [-0.4, -0.2) is 69.5 Å². The van der Waals surface area contributed by atoms with Crippen molar-refractivity contribution >= 4 is 15.9 Å². The molecule has 0 saturated carbocycles. The smallest absolute Gasteiger partial charge is 0.251 e. The number of carbonyl (C=O) groups excluding carboxylic acids is 1. The number of nitrogens with one attached hydrogen (secondary N) is 1. The molecule has 2 aromatic carbocycles. The first-order valence-electron chi connectivity index (χ1n) is 12.5. The average molecular weight is 500 g/mol. The number of morpholine rings is 1. The van der Waals surface area contributed by atoms with Gasteiger partial charge in [-0.1, -0.05) is 49.7 Å². The highest BCUT2D eigenvalue weighted by Crippen LogP contribution is 2.27. The van der Waals surface area contributed by atoms with Crippen LogP contribution < -0.4 is 5.32 Å². The van der Waals surface area contributed by atoms with E-state index in [1.165, 1.54) is 11.6 Å². The van der Waals surface area contributed by atoms with E-state index in [-0.39, 0.29) is 16.8 Å². The molecule has 2 heterocycles. The quantitative estimate of drug-likeness (QED) is 0.631. The van der Waals surface area contributed by atoms with E-state index in [2.05, 4.69) is 49.2 Å². The Hall–Kier alpha value is -2.26. The summed E-state index contributed by atoms with van der Waals surface area (Å²) < 4.78 is 33.7. The third-order valence-corrected chi connectivity index (χ3v) is 8.77. The number of hydrogen-bond donors (Lipinski definition) is 1. The molecule has 0 bridgehead atoms. The van der Waals surface area contributed by atoms with Crippen molar-refractivity contribution in [1.82, 2.24) is 14.5 Å². The van der Waals surface area contributed by atoms with Gasteiger partial charge in [-0.15, -0.1) is 0 Å². The Morgan fingerprint density at radius 3 is 2.43 bits per heavy atom. The average Bonchev–Trinajstić information content (AvgIpc) is 2.84. The highest BCUT2D eigenvalue weighted by Gasteiger charge is 2.32. The van der Waals surface area contributed by atoms with Gasteiger partial charge in [0.1, 0.15) is 0 Å². The number of aryl methyl sites for hydroxylation is 1. The van der Waals surface area contributed by atoms with E-state index < -0.39 is 10.0 Å². The predicted octanol–water partition coefficient (Wildman–Crippen LogP) is 3.46. The summed E-state index contributed by atoms with van der Waals surface area (Å²) in [6.45, 7) is 10.6. The minimum Gasteiger partial charge on any atom is -0.379 e. The Labute approximate surface area is 209 Å². The molecule has 4 rings (SSSR count). The lowest BCUT2D eigenvalue weighted by Gasteiger charge is -2.35. The van der Waals surface area contributed by atoms with Gasteiger partial charge in [0.15, 0.2) is 0 Å². The molecule has 7 nitrogen and oxygen atoms in total. The van der Waals surface area contributed by atoms with Crippen LogP contribution in [-0.2, 0) is 14.8 Å². The van der Waals surface area contributed by atoms with Gasteiger partial charge in [0.05, 0.1) is 24.2 Å². The summed E-state index contributed by atoms with van der Waals surface area (Å²) in [5, 5.41) is 3.06. The van der Waals surface area contributed by atoms with E-state index in [1.807, 2.05) is 6.07 Å². The Bertz CT molecular complexity index is 1120. The van der Waals surface area contributed by atoms with Crippen LogP contribution in [0.15, 0.2) is 53.4 Å². The van der Waals surface area contributed by atoms with Crippen LogP contribution in [0.2, 0.25) is 0 Å². The molecule has 2 aliphatic rings. The lowest BCUT2D eigenvalue weighted by Crippen LogP contribution is -2.44. The van der Waals surface area contributed by atoms with Crippen molar-refractivity contribution in [3.05, 3.63) is 65.2 Å². The van der Waals surface area contributed by atoms with Crippen molar-refractivity contribution in [3.63, 3.8) is 0 Å². The zero-order valence-electron chi connectivity index (χ0n) is 20.9. The lowest BCUT2D eigenvalue weighted by atomic mass is 9.94. The number of hydrogen-bond acceptors (Lipinski definition) is 5. The molecule has 2 aromatic rings. The summed E-state index contributed by atoms with van der Waals surface area (Å²) in [7, 11) is -3.65. The number of ether oxygens (including phenoxy) is 1. The van der Waals surface area contributed by atoms with E-state index in [9.17, 15) is 13.2 Å². The molecule has 2 saturated heterocycles. The molecular formula is C27H37N3O4S.